The summed E-state index contributed by atoms with van der Waals surface area (Å²) < 4.78 is 94.6. The number of ether oxygens (including phenoxy) is 7. The van der Waals surface area contributed by atoms with Crippen molar-refractivity contribution in [2.45, 2.75) is 105 Å². The molecule has 139 heavy (non-hydrogen) atoms. The van der Waals surface area contributed by atoms with E-state index in [1.165, 1.54) is 29.8 Å². The molecule has 0 radical (unpaired) electrons. The number of aryl methyl sites for hydroxylation is 1. The number of likely N-dealkylation sites (N-methyl/N-ethyl adjacent to an activating group) is 1. The first-order valence-electron chi connectivity index (χ1n) is 48.2. The summed E-state index contributed by atoms with van der Waals surface area (Å²) >= 11 is 0. The van der Waals surface area contributed by atoms with E-state index in [1.807, 2.05) is 174 Å². The first kappa shape index (κ1) is 92.5. The highest BCUT2D eigenvalue weighted by atomic mass is 19.1. The summed E-state index contributed by atoms with van der Waals surface area (Å²) in [5, 5.41) is 20.0. The van der Waals surface area contributed by atoms with Crippen molar-refractivity contribution < 1.29 is 50.8 Å². The van der Waals surface area contributed by atoms with Gasteiger partial charge in [-0.2, -0.15) is 20.4 Å². The molecule has 9 aromatic carbocycles. The van der Waals surface area contributed by atoms with Crippen molar-refractivity contribution in [3.05, 3.63) is 267 Å². The largest absolute Gasteiger partial charge is 0.497 e. The van der Waals surface area contributed by atoms with E-state index in [0.29, 0.717) is 60.3 Å². The number of aromatic nitrogens is 16. The van der Waals surface area contributed by atoms with Crippen LogP contribution in [0.4, 0.5) is 54.3 Å². The van der Waals surface area contributed by atoms with Gasteiger partial charge in [0.2, 0.25) is 5.91 Å². The Balaban J connectivity index is 0.000000136. The van der Waals surface area contributed by atoms with E-state index in [4.69, 9.17) is 57.2 Å². The molecule has 8 aromatic heterocycles. The van der Waals surface area contributed by atoms with Crippen molar-refractivity contribution in [1.29, 1.82) is 0 Å². The molecule has 1 amide bonds. The summed E-state index contributed by atoms with van der Waals surface area (Å²) in [7, 11) is 7.94. The van der Waals surface area contributed by atoms with Crippen molar-refractivity contribution in [1.82, 2.24) is 89.2 Å². The number of fused-ring (bicyclic) bond motifs is 4. The van der Waals surface area contributed by atoms with Crippen molar-refractivity contribution in [3.63, 3.8) is 0 Å². The third kappa shape index (κ3) is 24.3. The minimum Gasteiger partial charge on any atom is -0.497 e. The van der Waals surface area contributed by atoms with E-state index in [2.05, 4.69) is 141 Å². The van der Waals surface area contributed by atoms with Crippen molar-refractivity contribution >= 4 is 95.5 Å². The van der Waals surface area contributed by atoms with Crippen LogP contribution in [0.2, 0.25) is 0 Å². The number of methoxy groups -OCH3 is 5. The van der Waals surface area contributed by atoms with E-state index in [1.54, 1.807) is 70.3 Å². The Morgan fingerprint density at radius 3 is 1.39 bits per heavy atom. The van der Waals surface area contributed by atoms with Gasteiger partial charge in [0.1, 0.15) is 52.4 Å². The normalized spacial score (nSPS) is 13.4. The molecule has 2 saturated heterocycles. The monoisotopic (exact) mass is 1880 g/mol. The van der Waals surface area contributed by atoms with Crippen LogP contribution in [0, 0.1) is 11.6 Å². The highest BCUT2D eigenvalue weighted by molar-refractivity contribution is 5.87. The Kier molecular flexibility index (Phi) is 30.5. The maximum atomic E-state index is 14.4. The van der Waals surface area contributed by atoms with Crippen LogP contribution in [-0.2, 0) is 23.1 Å². The first-order chi connectivity index (χ1) is 68.9. The van der Waals surface area contributed by atoms with Gasteiger partial charge >= 0.3 is 0 Å². The molecule has 10 heterocycles. The number of benzene rings is 9. The van der Waals surface area contributed by atoms with Gasteiger partial charge in [0.05, 0.1) is 163 Å². The van der Waals surface area contributed by atoms with E-state index in [0.717, 1.165) is 226 Å². The number of hydrogen-bond donors (Lipinski definition) is 1. The van der Waals surface area contributed by atoms with Gasteiger partial charge in [-0.3, -0.25) is 39.2 Å². The molecule has 0 bridgehead atoms. The molecule has 0 aliphatic carbocycles. The van der Waals surface area contributed by atoms with Gasteiger partial charge < -0.3 is 62.6 Å². The Morgan fingerprint density at radius 1 is 0.475 bits per heavy atom. The van der Waals surface area contributed by atoms with Gasteiger partial charge in [-0.15, -0.1) is 0 Å². The summed E-state index contributed by atoms with van der Waals surface area (Å²) in [5.41, 5.74) is 20.9. The number of likely N-dealkylation sites (tertiary alicyclic amines) is 1. The maximum absolute atomic E-state index is 14.4. The number of aromatic amines is 1. The first-order valence-corrected chi connectivity index (χ1v) is 46.7. The van der Waals surface area contributed by atoms with Crippen LogP contribution in [0.5, 0.6) is 34.5 Å². The minimum atomic E-state index is -2.66. The fourth-order valence-electron chi connectivity index (χ4n) is 16.8. The fourth-order valence-corrected chi connectivity index (χ4v) is 16.8. The Morgan fingerprint density at radius 2 is 0.942 bits per heavy atom. The van der Waals surface area contributed by atoms with Crippen LogP contribution in [0.1, 0.15) is 108 Å². The average molecular weight is 1880 g/mol. The summed E-state index contributed by atoms with van der Waals surface area (Å²) in [4.78, 5) is 62.7. The molecule has 716 valence electrons. The quantitative estimate of drug-likeness (QED) is 0.0392. The smallest absolute Gasteiger partial charge is 0.222 e. The van der Waals surface area contributed by atoms with E-state index in [9.17, 15) is 13.6 Å². The second kappa shape index (κ2) is 45.8. The molecule has 17 aromatic rings. The summed E-state index contributed by atoms with van der Waals surface area (Å²) in [6, 6.07) is 55.2. The number of H-pyrrole nitrogens is 1. The molecule has 32 heteroatoms. The van der Waals surface area contributed by atoms with Crippen LogP contribution in [0.15, 0.2) is 250 Å². The molecule has 0 spiro atoms. The van der Waals surface area contributed by atoms with E-state index in [-0.39, 0.29) is 29.7 Å². The predicted molar refractivity (Wildman–Crippen MR) is 541 cm³/mol. The lowest BCUT2D eigenvalue weighted by atomic mass is 10.1. The molecule has 0 saturated carbocycles. The van der Waals surface area contributed by atoms with E-state index < -0.39 is 12.9 Å². The van der Waals surface area contributed by atoms with Crippen LogP contribution in [0.25, 0.3) is 89.2 Å². The standard InChI is InChI=1S/C29H34N6O3.C29H30N6O2.C27H30FN5O2.C22H22FN5O/c1-20(2)35-19-21(17-31-35)28-18-30-26-9-8-22(15-27(26)32-28)34(12-6-11-33-10-5-7-29(33)36)23-13-24(37-3)16-25(14-23)38-4;1-34(20-21-7-5-4-6-8-21)11-12-35(24-13-25(36-2)16-26(14-24)37-3)23-9-10-27-28(15-23)33-29(19-30-27)22-17-31-32-18-22;1-3-10-32(22-12-20(28)13-23(14-22)34-4-2)21-8-9-24-25(15-21)31-26(17-29-24)19-16-30-33(18-19)27-7-5-6-11-35-27;1-4-7-28(18-8-16(23)9-19(10-18)29-3)17-5-6-20-21(11-17)26-22(13-24-20)15-12-25-27(2)14-15/h8-9,13-20H,5-7,10-12H2,1-4H3;4-10,13-19H,11-12,20H2,1-3H3,(H,31,32);8-9,12-18,27H,3-7,10-11H2,1-2H3;5-6,8-14H,4,7H2,1-3H3/i;;;3D3. The fraction of sp³-hybridized carbons (Fsp3) is 0.299. The molecule has 19 rings (SSSR count). The van der Waals surface area contributed by atoms with Crippen molar-refractivity contribution in [3.8, 4) is 79.5 Å². The van der Waals surface area contributed by atoms with Crippen LogP contribution < -0.4 is 48.0 Å². The van der Waals surface area contributed by atoms with Gasteiger partial charge in [-0.25, -0.2) is 33.4 Å². The molecule has 2 fully saturated rings. The van der Waals surface area contributed by atoms with Gasteiger partial charge in [0, 0.05) is 232 Å². The Hall–Kier alpha value is -15.6. The van der Waals surface area contributed by atoms with Gasteiger partial charge in [0.15, 0.2) is 0 Å². The number of anilines is 8. The third-order valence-electron chi connectivity index (χ3n) is 23.9. The van der Waals surface area contributed by atoms with Crippen molar-refractivity contribution in [2.75, 3.05) is 121 Å². The van der Waals surface area contributed by atoms with E-state index >= 15 is 0 Å². The van der Waals surface area contributed by atoms with Crippen molar-refractivity contribution in [2.24, 2.45) is 7.05 Å². The lowest BCUT2D eigenvalue weighted by molar-refractivity contribution is -0.127. The summed E-state index contributed by atoms with van der Waals surface area (Å²) in [6.07, 6.45) is 29.1. The number of hydrogen-bond acceptors (Lipinski definition) is 25. The van der Waals surface area contributed by atoms with Gasteiger partial charge in [-0.1, -0.05) is 44.2 Å². The van der Waals surface area contributed by atoms with Crippen LogP contribution >= 0.6 is 0 Å². The SMILES string of the molecule is CCCN(c1cc(F)cc(OCC)c1)c1ccc2ncc(-c3cnn(C4CCCCO4)c3)nc2c1.COc1cc(OC)cc(N(CCCN2CCCC2=O)c2ccc3ncc(-c4cnn(C(C)C)c4)nc3c2)c1.COc1cc(OC)cc(N(CCN(C)Cc2ccccc2)c2ccc3ncc(-c4cn[nH]c4)nc3c2)c1.[2H]C([2H])([2H])Oc1cc(F)cc(N(CCC)c2ccc3ncc(-c4cnn(C)c4)nc3c2)c1. The number of nitrogens with one attached hydrogen (secondary N) is 1. The predicted octanol–water partition coefficient (Wildman–Crippen LogP) is 21.6. The molecule has 1 atom stereocenters. The number of amides is 1. The second-order valence-electron chi connectivity index (χ2n) is 34.1. The molecule has 1 unspecified atom stereocenters. The number of rotatable bonds is 34. The highest BCUT2D eigenvalue weighted by Crippen LogP contribution is 2.40. The third-order valence-corrected chi connectivity index (χ3v) is 23.9. The molecule has 2 aliphatic heterocycles. The van der Waals surface area contributed by atoms with Crippen LogP contribution in [-0.4, -0.2) is 197 Å². The highest BCUT2D eigenvalue weighted by Gasteiger charge is 2.25. The number of carbonyl (C=O) groups is 1. The molecule has 1 N–H and O–H groups in total. The Bertz CT molecular complexity index is 7090. The average Bonchev–Trinajstić information content (AvgIpc) is 1.68. The van der Waals surface area contributed by atoms with Gasteiger partial charge in [-0.05, 0) is 163 Å². The summed E-state index contributed by atoms with van der Waals surface area (Å²) in [5.74, 6) is 2.70. The number of nitrogens with zero attached hydrogens (tertiary/aromatic N) is 21. The molecular formula is C107H116F2N22O8. The zero-order chi connectivity index (χ0) is 99.3. The molecule has 2 aliphatic rings. The molecule has 30 nitrogen and oxygen atoms in total. The lowest BCUT2D eigenvalue weighted by Gasteiger charge is -2.28. The zero-order valence-electron chi connectivity index (χ0n) is 83.0. The summed E-state index contributed by atoms with van der Waals surface area (Å²) in [6.45, 7) is 17.5. The minimum absolute atomic E-state index is 0.0204. The Labute approximate surface area is 811 Å². The lowest BCUT2D eigenvalue weighted by Crippen LogP contribution is -2.30. The maximum Gasteiger partial charge on any atom is 0.222 e. The number of carbonyl (C=O) groups excluding carboxylic acids is 1. The molecular weight excluding hydrogens is 1760 g/mol. The second-order valence-corrected chi connectivity index (χ2v) is 34.1. The zero-order valence-corrected chi connectivity index (χ0v) is 80.0. The number of halogens is 2. The van der Waals surface area contributed by atoms with Crippen LogP contribution in [0.3, 0.4) is 0 Å². The topological polar surface area (TPSA) is 286 Å². The van der Waals surface area contributed by atoms with Gasteiger partial charge in [0.25, 0.3) is 0 Å².